The van der Waals surface area contributed by atoms with Crippen molar-refractivity contribution in [2.24, 2.45) is 0 Å². The third-order valence-electron chi connectivity index (χ3n) is 3.57. The monoisotopic (exact) mass is 405 g/mol. The van der Waals surface area contributed by atoms with Crippen molar-refractivity contribution < 1.29 is 19.1 Å². The van der Waals surface area contributed by atoms with E-state index in [4.69, 9.17) is 9.47 Å². The van der Waals surface area contributed by atoms with Crippen LogP contribution in [0.25, 0.3) is 0 Å². The topological polar surface area (TPSA) is 64.6 Å². The van der Waals surface area contributed by atoms with Gasteiger partial charge in [0.25, 0.3) is 5.91 Å². The second-order valence-corrected chi connectivity index (χ2v) is 6.47. The molecule has 0 aromatic heterocycles. The van der Waals surface area contributed by atoms with Crippen LogP contribution in [-0.2, 0) is 14.3 Å². The zero-order valence-corrected chi connectivity index (χ0v) is 15.7. The number of benzene rings is 2. The van der Waals surface area contributed by atoms with Crippen molar-refractivity contribution in [2.45, 2.75) is 19.4 Å². The molecule has 0 heterocycles. The van der Waals surface area contributed by atoms with Gasteiger partial charge in [-0.2, -0.15) is 0 Å². The molecule has 1 N–H and O–H groups in total. The highest BCUT2D eigenvalue weighted by Crippen LogP contribution is 2.20. The summed E-state index contributed by atoms with van der Waals surface area (Å²) in [6.45, 7) is 1.82. The largest absolute Gasteiger partial charge is 0.484 e. The van der Waals surface area contributed by atoms with Gasteiger partial charge in [-0.15, -0.1) is 0 Å². The summed E-state index contributed by atoms with van der Waals surface area (Å²) in [6, 6.07) is 14.4. The van der Waals surface area contributed by atoms with E-state index in [9.17, 15) is 9.59 Å². The molecule has 0 aliphatic carbocycles. The highest BCUT2D eigenvalue weighted by atomic mass is 79.9. The highest BCUT2D eigenvalue weighted by molar-refractivity contribution is 9.10. The summed E-state index contributed by atoms with van der Waals surface area (Å²) in [4.78, 5) is 23.9. The van der Waals surface area contributed by atoms with E-state index in [2.05, 4.69) is 21.2 Å². The fraction of sp³-hybridized carbons (Fsp3) is 0.263. The number of aryl methyl sites for hydroxylation is 1. The summed E-state index contributed by atoms with van der Waals surface area (Å²) in [5.74, 6) is -0.0746. The minimum Gasteiger partial charge on any atom is -0.484 e. The third-order valence-corrected chi connectivity index (χ3v) is 4.09. The number of halogens is 1. The molecule has 0 fully saturated rings. The smallest absolute Gasteiger partial charge is 0.307 e. The lowest BCUT2D eigenvalue weighted by molar-refractivity contribution is -0.141. The van der Waals surface area contributed by atoms with Crippen LogP contribution in [0.2, 0.25) is 0 Å². The summed E-state index contributed by atoms with van der Waals surface area (Å²) in [6.07, 6.45) is 0.0499. The standard InChI is InChI=1S/C19H20BrNO4/c1-13-4-3-5-16(10-13)25-12-18(22)21-17(11-19(23)24-2)14-6-8-15(20)9-7-14/h3-10,17H,11-12H2,1-2H3,(H,21,22). The van der Waals surface area contributed by atoms with E-state index in [1.807, 2.05) is 49.4 Å². The molecule has 2 aromatic carbocycles. The molecule has 0 aliphatic heterocycles. The molecule has 1 unspecified atom stereocenters. The maximum atomic E-state index is 12.2. The molecule has 1 atom stereocenters. The van der Waals surface area contributed by atoms with E-state index in [0.717, 1.165) is 15.6 Å². The van der Waals surface area contributed by atoms with Crippen LogP contribution in [0.5, 0.6) is 5.75 Å². The lowest BCUT2D eigenvalue weighted by atomic mass is 10.0. The van der Waals surface area contributed by atoms with Crippen LogP contribution < -0.4 is 10.1 Å². The summed E-state index contributed by atoms with van der Waals surface area (Å²) >= 11 is 3.37. The van der Waals surface area contributed by atoms with Crippen molar-refractivity contribution in [3.63, 3.8) is 0 Å². The summed E-state index contributed by atoms with van der Waals surface area (Å²) < 4.78 is 11.1. The van der Waals surface area contributed by atoms with Crippen LogP contribution in [0.3, 0.4) is 0 Å². The average molecular weight is 406 g/mol. The predicted octanol–water partition coefficient (Wildman–Crippen LogP) is 3.56. The average Bonchev–Trinajstić information content (AvgIpc) is 2.60. The molecule has 0 bridgehead atoms. The van der Waals surface area contributed by atoms with Crippen LogP contribution in [0.1, 0.15) is 23.6 Å². The first-order chi connectivity index (χ1) is 12.0. The fourth-order valence-electron chi connectivity index (χ4n) is 2.29. The molecular formula is C19H20BrNO4. The molecule has 2 aromatic rings. The van der Waals surface area contributed by atoms with Crippen LogP contribution >= 0.6 is 15.9 Å². The van der Waals surface area contributed by atoms with Crippen molar-refractivity contribution in [2.75, 3.05) is 13.7 Å². The molecule has 0 aliphatic rings. The Hall–Kier alpha value is -2.34. The van der Waals surface area contributed by atoms with E-state index >= 15 is 0 Å². The SMILES string of the molecule is COC(=O)CC(NC(=O)COc1cccc(C)c1)c1ccc(Br)cc1. The quantitative estimate of drug-likeness (QED) is 0.715. The Labute approximate surface area is 155 Å². The Kier molecular flexibility index (Phi) is 7.01. The highest BCUT2D eigenvalue weighted by Gasteiger charge is 2.19. The van der Waals surface area contributed by atoms with E-state index in [1.54, 1.807) is 6.07 Å². The number of rotatable bonds is 7. The van der Waals surface area contributed by atoms with E-state index < -0.39 is 12.0 Å². The van der Waals surface area contributed by atoms with Crippen LogP contribution in [0.15, 0.2) is 53.0 Å². The Morgan fingerprint density at radius 2 is 1.88 bits per heavy atom. The van der Waals surface area contributed by atoms with Crippen LogP contribution in [0, 0.1) is 6.92 Å². The van der Waals surface area contributed by atoms with Gasteiger partial charge in [0.05, 0.1) is 19.6 Å². The van der Waals surface area contributed by atoms with E-state index in [1.165, 1.54) is 7.11 Å². The van der Waals surface area contributed by atoms with Gasteiger partial charge in [0.15, 0.2) is 6.61 Å². The van der Waals surface area contributed by atoms with Gasteiger partial charge in [-0.05, 0) is 42.3 Å². The fourth-order valence-corrected chi connectivity index (χ4v) is 2.55. The summed E-state index contributed by atoms with van der Waals surface area (Å²) in [7, 11) is 1.32. The Morgan fingerprint density at radius 1 is 1.16 bits per heavy atom. The second kappa shape index (κ2) is 9.22. The van der Waals surface area contributed by atoms with Gasteiger partial charge in [0.1, 0.15) is 5.75 Å². The first-order valence-electron chi connectivity index (χ1n) is 7.79. The summed E-state index contributed by atoms with van der Waals surface area (Å²) in [5.41, 5.74) is 1.87. The van der Waals surface area contributed by atoms with Crippen LogP contribution in [0.4, 0.5) is 0 Å². The van der Waals surface area contributed by atoms with Gasteiger partial charge in [0, 0.05) is 4.47 Å². The lowest BCUT2D eigenvalue weighted by Crippen LogP contribution is -2.34. The van der Waals surface area contributed by atoms with Gasteiger partial charge >= 0.3 is 5.97 Å². The van der Waals surface area contributed by atoms with Crippen molar-refractivity contribution in [3.05, 3.63) is 64.1 Å². The molecule has 6 heteroatoms. The number of hydrogen-bond donors (Lipinski definition) is 1. The Balaban J connectivity index is 2.00. The molecular weight excluding hydrogens is 386 g/mol. The number of carbonyl (C=O) groups is 2. The minimum absolute atomic E-state index is 0.0499. The van der Waals surface area contributed by atoms with E-state index in [-0.39, 0.29) is 18.9 Å². The van der Waals surface area contributed by atoms with Gasteiger partial charge in [-0.1, -0.05) is 40.2 Å². The molecule has 5 nitrogen and oxygen atoms in total. The zero-order valence-electron chi connectivity index (χ0n) is 14.1. The minimum atomic E-state index is -0.478. The third kappa shape index (κ3) is 6.23. The van der Waals surface area contributed by atoms with Crippen molar-refractivity contribution in [3.8, 4) is 5.75 Å². The first-order valence-corrected chi connectivity index (χ1v) is 8.58. The predicted molar refractivity (Wildman–Crippen MR) is 98.3 cm³/mol. The molecule has 132 valence electrons. The number of hydrogen-bond acceptors (Lipinski definition) is 4. The van der Waals surface area contributed by atoms with E-state index in [0.29, 0.717) is 5.75 Å². The number of esters is 1. The number of carbonyl (C=O) groups excluding carboxylic acids is 2. The molecule has 25 heavy (non-hydrogen) atoms. The molecule has 2 rings (SSSR count). The number of methoxy groups -OCH3 is 1. The zero-order chi connectivity index (χ0) is 18.2. The molecule has 1 amide bonds. The Bertz CT molecular complexity index is 730. The van der Waals surface area contributed by atoms with Gasteiger partial charge in [-0.25, -0.2) is 0 Å². The van der Waals surface area contributed by atoms with Crippen LogP contribution in [-0.4, -0.2) is 25.6 Å². The Morgan fingerprint density at radius 3 is 2.52 bits per heavy atom. The van der Waals surface area contributed by atoms with Crippen molar-refractivity contribution >= 4 is 27.8 Å². The number of nitrogens with one attached hydrogen (secondary N) is 1. The lowest BCUT2D eigenvalue weighted by Gasteiger charge is -2.18. The summed E-state index contributed by atoms with van der Waals surface area (Å²) in [5, 5.41) is 2.82. The normalized spacial score (nSPS) is 11.5. The molecule has 0 radical (unpaired) electrons. The first kappa shape index (κ1) is 19.0. The molecule has 0 spiro atoms. The van der Waals surface area contributed by atoms with Crippen molar-refractivity contribution in [1.82, 2.24) is 5.32 Å². The maximum Gasteiger partial charge on any atom is 0.307 e. The number of ether oxygens (including phenoxy) is 2. The maximum absolute atomic E-state index is 12.2. The van der Waals surface area contributed by atoms with Gasteiger partial charge in [0.2, 0.25) is 0 Å². The number of amides is 1. The second-order valence-electron chi connectivity index (χ2n) is 5.56. The molecule has 0 saturated carbocycles. The van der Waals surface area contributed by atoms with Gasteiger partial charge < -0.3 is 14.8 Å². The molecule has 0 saturated heterocycles. The van der Waals surface area contributed by atoms with Gasteiger partial charge in [-0.3, -0.25) is 9.59 Å². The van der Waals surface area contributed by atoms with Crippen molar-refractivity contribution in [1.29, 1.82) is 0 Å².